The zero-order valence-corrected chi connectivity index (χ0v) is 8.75. The van der Waals surface area contributed by atoms with Gasteiger partial charge < -0.3 is 9.84 Å². The fraction of sp³-hybridized carbons (Fsp3) is 0.900. The van der Waals surface area contributed by atoms with E-state index in [1.807, 2.05) is 6.92 Å². The average Bonchev–Trinajstić information content (AvgIpc) is 2.10. The molecule has 0 aliphatic rings. The van der Waals surface area contributed by atoms with Crippen LogP contribution in [-0.2, 0) is 9.53 Å². The molecule has 0 aliphatic heterocycles. The van der Waals surface area contributed by atoms with Crippen molar-refractivity contribution in [2.24, 2.45) is 11.8 Å². The molecule has 0 aromatic rings. The quantitative estimate of drug-likeness (QED) is 0.623. The number of carboxylic acid groups (broad SMARTS) is 1. The first-order valence-electron chi connectivity index (χ1n) is 4.81. The first-order valence-corrected chi connectivity index (χ1v) is 4.81. The summed E-state index contributed by atoms with van der Waals surface area (Å²) in [7, 11) is 1.68. The van der Waals surface area contributed by atoms with Gasteiger partial charge in [-0.05, 0) is 18.8 Å². The van der Waals surface area contributed by atoms with E-state index in [0.29, 0.717) is 0 Å². The predicted octanol–water partition coefficient (Wildman–Crippen LogP) is 2.16. The predicted molar refractivity (Wildman–Crippen MR) is 51.7 cm³/mol. The molecule has 2 unspecified atom stereocenters. The maximum Gasteiger partial charge on any atom is 0.306 e. The Hall–Kier alpha value is -0.570. The van der Waals surface area contributed by atoms with Crippen molar-refractivity contribution in [2.45, 2.75) is 33.1 Å². The third kappa shape index (κ3) is 5.64. The third-order valence-electron chi connectivity index (χ3n) is 2.50. The molecule has 13 heavy (non-hydrogen) atoms. The zero-order chi connectivity index (χ0) is 10.3. The molecule has 0 aromatic heterocycles. The lowest BCUT2D eigenvalue weighted by molar-refractivity contribution is -0.142. The van der Waals surface area contributed by atoms with Gasteiger partial charge in [0.15, 0.2) is 0 Å². The van der Waals surface area contributed by atoms with Gasteiger partial charge >= 0.3 is 5.97 Å². The number of hydrogen-bond acceptors (Lipinski definition) is 2. The van der Waals surface area contributed by atoms with Crippen LogP contribution in [0.4, 0.5) is 0 Å². The van der Waals surface area contributed by atoms with Gasteiger partial charge in [0, 0.05) is 13.7 Å². The molecule has 0 saturated carbocycles. The summed E-state index contributed by atoms with van der Waals surface area (Å²) < 4.78 is 4.92. The molecule has 0 rings (SSSR count). The minimum Gasteiger partial charge on any atom is -0.481 e. The molecule has 0 amide bonds. The van der Waals surface area contributed by atoms with E-state index in [4.69, 9.17) is 9.84 Å². The van der Waals surface area contributed by atoms with Gasteiger partial charge in [-0.1, -0.05) is 20.3 Å². The van der Waals surface area contributed by atoms with E-state index in [1.165, 1.54) is 0 Å². The van der Waals surface area contributed by atoms with Crippen molar-refractivity contribution < 1.29 is 14.6 Å². The highest BCUT2D eigenvalue weighted by Gasteiger charge is 2.18. The number of aliphatic carboxylic acids is 1. The largest absolute Gasteiger partial charge is 0.481 e. The Labute approximate surface area is 80.1 Å². The molecule has 0 saturated heterocycles. The molecule has 0 radical (unpaired) electrons. The molecule has 0 spiro atoms. The smallest absolute Gasteiger partial charge is 0.306 e. The second kappa shape index (κ2) is 6.89. The van der Waals surface area contributed by atoms with Crippen LogP contribution in [0.3, 0.4) is 0 Å². The lowest BCUT2D eigenvalue weighted by atomic mass is 9.91. The van der Waals surface area contributed by atoms with Crippen LogP contribution in [-0.4, -0.2) is 24.8 Å². The molecule has 2 atom stereocenters. The van der Waals surface area contributed by atoms with Crippen molar-refractivity contribution in [1.29, 1.82) is 0 Å². The van der Waals surface area contributed by atoms with Crippen LogP contribution in [0.2, 0.25) is 0 Å². The molecule has 3 nitrogen and oxygen atoms in total. The van der Waals surface area contributed by atoms with Crippen LogP contribution in [0, 0.1) is 11.8 Å². The molecule has 0 aliphatic carbocycles. The Morgan fingerprint density at radius 3 is 2.46 bits per heavy atom. The molecule has 0 heterocycles. The van der Waals surface area contributed by atoms with E-state index in [-0.39, 0.29) is 11.8 Å². The van der Waals surface area contributed by atoms with Gasteiger partial charge in [-0.2, -0.15) is 0 Å². The molecule has 0 aromatic carbocycles. The lowest BCUT2D eigenvalue weighted by Gasteiger charge is -2.15. The van der Waals surface area contributed by atoms with Crippen LogP contribution in [0.5, 0.6) is 0 Å². The van der Waals surface area contributed by atoms with Gasteiger partial charge in [-0.3, -0.25) is 4.79 Å². The van der Waals surface area contributed by atoms with Crippen molar-refractivity contribution >= 4 is 5.97 Å². The van der Waals surface area contributed by atoms with Gasteiger partial charge in [0.2, 0.25) is 0 Å². The fourth-order valence-corrected chi connectivity index (χ4v) is 1.21. The summed E-state index contributed by atoms with van der Waals surface area (Å²) in [5, 5.41) is 8.73. The van der Waals surface area contributed by atoms with Crippen molar-refractivity contribution in [3.8, 4) is 0 Å². The summed E-state index contributed by atoms with van der Waals surface area (Å²) in [4.78, 5) is 10.6. The average molecular weight is 188 g/mol. The maximum absolute atomic E-state index is 10.6. The number of carbonyl (C=O) groups is 1. The Morgan fingerprint density at radius 2 is 2.00 bits per heavy atom. The highest BCUT2D eigenvalue weighted by atomic mass is 16.5. The number of methoxy groups -OCH3 is 1. The van der Waals surface area contributed by atoms with E-state index in [1.54, 1.807) is 14.0 Å². The van der Waals surface area contributed by atoms with Crippen LogP contribution in [0.25, 0.3) is 0 Å². The molecule has 3 heteroatoms. The first-order chi connectivity index (χ1) is 6.09. The number of unbranched alkanes of at least 4 members (excludes halogenated alkanes) is 1. The lowest BCUT2D eigenvalue weighted by Crippen LogP contribution is -2.18. The summed E-state index contributed by atoms with van der Waals surface area (Å²) in [5.41, 5.74) is 0. The Balaban J connectivity index is 3.50. The van der Waals surface area contributed by atoms with Crippen LogP contribution in [0.1, 0.15) is 33.1 Å². The third-order valence-corrected chi connectivity index (χ3v) is 2.50. The minimum absolute atomic E-state index is 0.234. The van der Waals surface area contributed by atoms with Gasteiger partial charge in [-0.15, -0.1) is 0 Å². The monoisotopic (exact) mass is 188 g/mol. The van der Waals surface area contributed by atoms with E-state index in [2.05, 4.69) is 0 Å². The van der Waals surface area contributed by atoms with Crippen LogP contribution in [0.15, 0.2) is 0 Å². The first kappa shape index (κ1) is 12.4. The molecule has 0 bridgehead atoms. The summed E-state index contributed by atoms with van der Waals surface area (Å²) in [6, 6.07) is 0. The zero-order valence-electron chi connectivity index (χ0n) is 8.75. The number of hydrogen-bond donors (Lipinski definition) is 1. The second-order valence-electron chi connectivity index (χ2n) is 3.59. The van der Waals surface area contributed by atoms with Crippen LogP contribution >= 0.6 is 0 Å². The molecule has 0 fully saturated rings. The van der Waals surface area contributed by atoms with E-state index < -0.39 is 5.97 Å². The minimum atomic E-state index is -0.695. The normalized spacial score (nSPS) is 15.3. The van der Waals surface area contributed by atoms with E-state index in [9.17, 15) is 4.79 Å². The van der Waals surface area contributed by atoms with Crippen molar-refractivity contribution in [2.75, 3.05) is 13.7 Å². The van der Waals surface area contributed by atoms with Crippen LogP contribution < -0.4 is 0 Å². The van der Waals surface area contributed by atoms with E-state index >= 15 is 0 Å². The molecular formula is C10H20O3. The molecular weight excluding hydrogens is 168 g/mol. The maximum atomic E-state index is 10.6. The summed E-state index contributed by atoms with van der Waals surface area (Å²) in [6.45, 7) is 4.53. The Bertz CT molecular complexity index is 145. The standard InChI is InChI=1S/C10H20O3/c1-8(9(2)10(11)12)6-4-5-7-13-3/h8-9H,4-7H2,1-3H3,(H,11,12). The highest BCUT2D eigenvalue weighted by Crippen LogP contribution is 2.17. The highest BCUT2D eigenvalue weighted by molar-refractivity contribution is 5.69. The Morgan fingerprint density at radius 1 is 1.38 bits per heavy atom. The molecule has 78 valence electrons. The van der Waals surface area contributed by atoms with Crippen molar-refractivity contribution in [1.82, 2.24) is 0 Å². The van der Waals surface area contributed by atoms with Gasteiger partial charge in [0.1, 0.15) is 0 Å². The van der Waals surface area contributed by atoms with Crippen molar-refractivity contribution in [3.63, 3.8) is 0 Å². The summed E-state index contributed by atoms with van der Waals surface area (Å²) in [6.07, 6.45) is 3.04. The number of carboxylic acids is 1. The topological polar surface area (TPSA) is 46.5 Å². The van der Waals surface area contributed by atoms with Crippen molar-refractivity contribution in [3.05, 3.63) is 0 Å². The summed E-state index contributed by atoms with van der Waals surface area (Å²) >= 11 is 0. The van der Waals surface area contributed by atoms with Gasteiger partial charge in [-0.25, -0.2) is 0 Å². The SMILES string of the molecule is COCCCCC(C)C(C)C(=O)O. The Kier molecular flexibility index (Phi) is 6.59. The summed E-state index contributed by atoms with van der Waals surface area (Å²) in [5.74, 6) is -0.670. The number of ether oxygens (including phenoxy) is 1. The number of rotatable bonds is 7. The van der Waals surface area contributed by atoms with E-state index in [0.717, 1.165) is 25.9 Å². The molecule has 1 N–H and O–H groups in total. The van der Waals surface area contributed by atoms with Gasteiger partial charge in [0.25, 0.3) is 0 Å². The van der Waals surface area contributed by atoms with Gasteiger partial charge in [0.05, 0.1) is 5.92 Å². The fourth-order valence-electron chi connectivity index (χ4n) is 1.21. The second-order valence-corrected chi connectivity index (χ2v) is 3.59.